The van der Waals surface area contributed by atoms with Crippen LogP contribution in [-0.4, -0.2) is 223 Å². The van der Waals surface area contributed by atoms with Gasteiger partial charge in [0.2, 0.25) is 23.6 Å². The normalized spacial score (nSPS) is 15.1. The Bertz CT molecular complexity index is 2570. The standard InChI is InChI=1S/C58H86N14O13/c1-2-49(75)63-27-28-65-58(85)68-57(59)64-24-9-13-47(55(83)66-37-42-15-21-46(74)22-16-42)67-56(84)54(43-11-5-3-6-12-43)44-17-19-45(20-18-44)60-25-10-26-62-50(76)14-7-4-8-23-61-48(41-73)72-35-33-70(39-52(79)80)31-29-69(38-51(77)78)30-32-71(34-36-72)40-53(81)82/h3,5-6,11-12,15-22,41,47-48,54,60-61,74H,2,4,7-10,13-14,23-40H2,1H3,(H,62,76)(H,63,75)(H,66,83)(H,67,84)(H,77,78)(H,79,80)(H,81,82)(H4,59,64,65,68,85)/t47-,48?,54+/m1/s1. The molecule has 14 N–H and O–H groups in total. The predicted octanol–water partition coefficient (Wildman–Crippen LogP) is 0.314. The molecular weight excluding hydrogens is 1100 g/mol. The number of nitrogens with zero attached hydrogens (tertiary/aromatic N) is 5. The van der Waals surface area contributed by atoms with Gasteiger partial charge in [-0.15, -0.1) is 0 Å². The van der Waals surface area contributed by atoms with Crippen LogP contribution in [0, 0.1) is 0 Å². The highest BCUT2D eigenvalue weighted by Crippen LogP contribution is 2.27. The van der Waals surface area contributed by atoms with Crippen LogP contribution in [0.4, 0.5) is 10.5 Å². The number of phenolic OH excluding ortho intramolecular Hbond substituents is 1. The number of rotatable bonds is 35. The van der Waals surface area contributed by atoms with Gasteiger partial charge >= 0.3 is 23.9 Å². The van der Waals surface area contributed by atoms with E-state index in [2.05, 4.69) is 47.5 Å². The third kappa shape index (κ3) is 28.7. The third-order valence-corrected chi connectivity index (χ3v) is 13.8. The van der Waals surface area contributed by atoms with E-state index in [1.165, 1.54) is 12.1 Å². The fourth-order valence-corrected chi connectivity index (χ4v) is 9.21. The van der Waals surface area contributed by atoms with Crippen molar-refractivity contribution in [1.29, 1.82) is 0 Å². The highest BCUT2D eigenvalue weighted by atomic mass is 16.4. The molecule has 27 heteroatoms. The van der Waals surface area contributed by atoms with E-state index < -0.39 is 53.9 Å². The number of phenols is 1. The number of carboxylic acid groups (broad SMARTS) is 3. The number of carbonyl (C=O) groups is 9. The maximum absolute atomic E-state index is 14.4. The summed E-state index contributed by atoms with van der Waals surface area (Å²) >= 11 is 0. The number of nitrogens with two attached hydrogens (primary N) is 1. The van der Waals surface area contributed by atoms with Crippen LogP contribution >= 0.6 is 0 Å². The topological polar surface area (TPSA) is 382 Å². The number of aldehydes is 1. The largest absolute Gasteiger partial charge is 0.508 e. The first-order valence-corrected chi connectivity index (χ1v) is 28.8. The number of hydrogen-bond acceptors (Lipinski definition) is 16. The Kier molecular flexibility index (Phi) is 32.0. The molecule has 3 atom stereocenters. The summed E-state index contributed by atoms with van der Waals surface area (Å²) in [6, 6.07) is 21.3. The Morgan fingerprint density at radius 3 is 1.74 bits per heavy atom. The van der Waals surface area contributed by atoms with Crippen molar-refractivity contribution in [2.24, 2.45) is 10.7 Å². The van der Waals surface area contributed by atoms with Crippen LogP contribution in [0.3, 0.4) is 0 Å². The van der Waals surface area contributed by atoms with E-state index in [0.29, 0.717) is 88.8 Å². The summed E-state index contributed by atoms with van der Waals surface area (Å²) in [7, 11) is 0. The van der Waals surface area contributed by atoms with Gasteiger partial charge in [-0.05, 0) is 79.6 Å². The number of aromatic hydroxyl groups is 1. The van der Waals surface area contributed by atoms with Crippen LogP contribution in [0.25, 0.3) is 0 Å². The van der Waals surface area contributed by atoms with Gasteiger partial charge in [-0.3, -0.25) is 58.5 Å². The zero-order valence-corrected chi connectivity index (χ0v) is 48.5. The molecule has 1 aliphatic rings. The van der Waals surface area contributed by atoms with Crippen LogP contribution in [0.5, 0.6) is 5.75 Å². The van der Waals surface area contributed by atoms with Crippen LogP contribution < -0.4 is 48.3 Å². The van der Waals surface area contributed by atoms with E-state index >= 15 is 0 Å². The van der Waals surface area contributed by atoms with Crippen molar-refractivity contribution < 1.29 is 63.6 Å². The third-order valence-electron chi connectivity index (χ3n) is 13.8. The molecule has 27 nitrogen and oxygen atoms in total. The van der Waals surface area contributed by atoms with Crippen LogP contribution in [-0.2, 0) is 44.9 Å². The maximum atomic E-state index is 14.4. The maximum Gasteiger partial charge on any atom is 0.344 e. The monoisotopic (exact) mass is 1190 g/mol. The molecule has 3 aromatic rings. The smallest absolute Gasteiger partial charge is 0.344 e. The minimum Gasteiger partial charge on any atom is -0.508 e. The van der Waals surface area contributed by atoms with E-state index in [9.17, 15) is 63.6 Å². The fourth-order valence-electron chi connectivity index (χ4n) is 9.21. The summed E-state index contributed by atoms with van der Waals surface area (Å²) in [5.41, 5.74) is 8.84. The molecule has 1 fully saturated rings. The summed E-state index contributed by atoms with van der Waals surface area (Å²) in [5.74, 6) is -5.06. The quantitative estimate of drug-likeness (QED) is 0.0163. The Labute approximate surface area is 495 Å². The van der Waals surface area contributed by atoms with Gasteiger partial charge in [0.25, 0.3) is 0 Å². The molecule has 4 rings (SSSR count). The van der Waals surface area contributed by atoms with E-state index in [-0.39, 0.29) is 115 Å². The van der Waals surface area contributed by atoms with Gasteiger partial charge in [0.15, 0.2) is 12.2 Å². The molecule has 0 spiro atoms. The molecule has 85 heavy (non-hydrogen) atoms. The second kappa shape index (κ2) is 39.3. The van der Waals surface area contributed by atoms with Crippen molar-refractivity contribution in [2.75, 3.05) is 117 Å². The lowest BCUT2D eigenvalue weighted by Crippen LogP contribution is -2.54. The van der Waals surface area contributed by atoms with Gasteiger partial charge in [0, 0.05) is 110 Å². The Morgan fingerprint density at radius 1 is 0.588 bits per heavy atom. The molecule has 0 bridgehead atoms. The molecule has 0 aliphatic carbocycles. The Hall–Kier alpha value is -8.24. The summed E-state index contributed by atoms with van der Waals surface area (Å²) < 4.78 is 0. The molecule has 1 saturated heterocycles. The molecule has 3 aromatic carbocycles. The molecule has 6 amide bonds. The molecular formula is C58H86N14O13. The van der Waals surface area contributed by atoms with Gasteiger partial charge in [-0.2, -0.15) is 4.99 Å². The van der Waals surface area contributed by atoms with Gasteiger partial charge in [0.05, 0.1) is 25.6 Å². The van der Waals surface area contributed by atoms with E-state index in [1.54, 1.807) is 33.8 Å². The zero-order valence-electron chi connectivity index (χ0n) is 48.5. The summed E-state index contributed by atoms with van der Waals surface area (Å²) in [6.07, 6.45) is 3.83. The number of hydrogen-bond donors (Lipinski definition) is 13. The fraction of sp³-hybridized carbons (Fsp3) is 0.517. The first kappa shape index (κ1) is 69.3. The van der Waals surface area contributed by atoms with Gasteiger partial charge in [0.1, 0.15) is 18.0 Å². The minimum atomic E-state index is -1.04. The van der Waals surface area contributed by atoms with Gasteiger partial charge in [-0.25, -0.2) is 4.79 Å². The molecule has 466 valence electrons. The predicted molar refractivity (Wildman–Crippen MR) is 318 cm³/mol. The van der Waals surface area contributed by atoms with Gasteiger partial charge < -0.3 is 68.2 Å². The number of aliphatic imine (C=N–C) groups is 1. The van der Waals surface area contributed by atoms with Crippen molar-refractivity contribution in [2.45, 2.75) is 83.0 Å². The van der Waals surface area contributed by atoms with Crippen molar-refractivity contribution in [1.82, 2.24) is 56.8 Å². The highest BCUT2D eigenvalue weighted by molar-refractivity contribution is 5.93. The molecule has 0 saturated carbocycles. The first-order chi connectivity index (χ1) is 40.9. The van der Waals surface area contributed by atoms with Gasteiger partial charge in [-0.1, -0.05) is 67.9 Å². The highest BCUT2D eigenvalue weighted by Gasteiger charge is 2.29. The number of carbonyl (C=O) groups excluding carboxylic acids is 6. The average molecular weight is 1190 g/mol. The van der Waals surface area contributed by atoms with E-state index in [4.69, 9.17) is 5.73 Å². The van der Waals surface area contributed by atoms with E-state index in [1.807, 2.05) is 59.5 Å². The lowest BCUT2D eigenvalue weighted by Gasteiger charge is -2.35. The number of amides is 6. The van der Waals surface area contributed by atoms with Crippen molar-refractivity contribution in [3.63, 3.8) is 0 Å². The van der Waals surface area contributed by atoms with Crippen LogP contribution in [0.2, 0.25) is 0 Å². The molecule has 1 heterocycles. The first-order valence-electron chi connectivity index (χ1n) is 28.8. The number of carboxylic acids is 3. The SMILES string of the molecule is CCC(=O)NCCNC(=O)/N=C(/N)NCCC[C@@H](NC(=O)[C@@H](c1ccccc1)c1ccc(NCCCNC(=O)CCCCCNC(C=O)N2CCN(CC(=O)O)CCN(CC(=O)O)CCN(CC(=O)O)CC2)cc1)C(=O)NCc1ccc(O)cc1. The summed E-state index contributed by atoms with van der Waals surface area (Å²) in [4.78, 5) is 122. The molecule has 1 unspecified atom stereocenters. The molecule has 1 aliphatic heterocycles. The second-order valence-electron chi connectivity index (χ2n) is 20.4. The van der Waals surface area contributed by atoms with Crippen molar-refractivity contribution >= 4 is 65.5 Å². The van der Waals surface area contributed by atoms with Crippen LogP contribution in [0.1, 0.15) is 80.9 Å². The lowest BCUT2D eigenvalue weighted by atomic mass is 9.90. The Morgan fingerprint density at radius 2 is 1.15 bits per heavy atom. The summed E-state index contributed by atoms with van der Waals surface area (Å²) in [5, 5.41) is 61.7. The average Bonchev–Trinajstić information content (AvgIpc) is 3.52. The molecule has 0 radical (unpaired) electrons. The Balaban J connectivity index is 1.24. The lowest BCUT2D eigenvalue weighted by molar-refractivity contribution is -0.140. The van der Waals surface area contributed by atoms with Crippen LogP contribution in [0.15, 0.2) is 83.9 Å². The number of anilines is 1. The van der Waals surface area contributed by atoms with E-state index in [0.717, 1.165) is 17.5 Å². The van der Waals surface area contributed by atoms with Crippen molar-refractivity contribution in [3.8, 4) is 5.75 Å². The number of benzene rings is 3. The number of guanidine groups is 1. The minimum absolute atomic E-state index is 0.0807. The zero-order chi connectivity index (χ0) is 61.8. The number of aliphatic carboxylic acids is 3. The number of unbranched alkanes of at least 4 members (excludes halogenated alkanes) is 2. The number of nitrogens with one attached hydrogen (secondary N) is 8. The van der Waals surface area contributed by atoms with Crippen molar-refractivity contribution in [3.05, 3.63) is 95.6 Å². The summed E-state index contributed by atoms with van der Waals surface area (Å²) in [6.45, 7) is 5.31. The molecule has 0 aromatic heterocycles. The number of urea groups is 1. The second-order valence-corrected chi connectivity index (χ2v) is 20.4.